The van der Waals surface area contributed by atoms with Gasteiger partial charge in [-0.25, -0.2) is 0 Å². The van der Waals surface area contributed by atoms with Crippen molar-refractivity contribution >= 4 is 12.1 Å². The van der Waals surface area contributed by atoms with Crippen LogP contribution in [0.15, 0.2) is 18.2 Å². The lowest BCUT2D eigenvalue weighted by molar-refractivity contribution is -0.107. The number of nitrogens with zero attached hydrogens (tertiary/aromatic N) is 1. The van der Waals surface area contributed by atoms with Gasteiger partial charge >= 0.3 is 0 Å². The van der Waals surface area contributed by atoms with Gasteiger partial charge in [-0.2, -0.15) is 0 Å². The Morgan fingerprint density at radius 3 is 2.81 bits per heavy atom. The quantitative estimate of drug-likeness (QED) is 0.668. The van der Waals surface area contributed by atoms with Crippen LogP contribution >= 0.6 is 0 Å². The van der Waals surface area contributed by atoms with Crippen molar-refractivity contribution in [2.24, 2.45) is 0 Å². The summed E-state index contributed by atoms with van der Waals surface area (Å²) in [5, 5.41) is 10.0. The first-order valence-corrected chi connectivity index (χ1v) is 7.28. The Morgan fingerprint density at radius 2 is 2.24 bits per heavy atom. The molecule has 21 heavy (non-hydrogen) atoms. The van der Waals surface area contributed by atoms with Gasteiger partial charge in [-0.15, -0.1) is 0 Å². The average molecular weight is 287 g/mol. The number of ether oxygens (including phenoxy) is 1. The average Bonchev–Trinajstić information content (AvgIpc) is 2.48. The molecule has 1 aromatic carbocycles. The van der Waals surface area contributed by atoms with Crippen molar-refractivity contribution in [1.82, 2.24) is 0 Å². The third-order valence-electron chi connectivity index (χ3n) is 3.58. The van der Waals surface area contributed by atoms with Gasteiger partial charge in [0.15, 0.2) is 0 Å². The van der Waals surface area contributed by atoms with E-state index in [-0.39, 0.29) is 0 Å². The van der Waals surface area contributed by atoms with Crippen molar-refractivity contribution < 1.29 is 14.6 Å². The van der Waals surface area contributed by atoms with E-state index in [4.69, 9.17) is 4.74 Å². The van der Waals surface area contributed by atoms with Crippen LogP contribution in [0.5, 0.6) is 5.75 Å². The summed E-state index contributed by atoms with van der Waals surface area (Å²) < 4.78 is 5.64. The van der Waals surface area contributed by atoms with Gasteiger partial charge in [-0.05, 0) is 43.9 Å². The summed E-state index contributed by atoms with van der Waals surface area (Å²) in [6.07, 6.45) is 4.13. The molecule has 1 aliphatic carbocycles. The van der Waals surface area contributed by atoms with Gasteiger partial charge in [0.25, 0.3) is 0 Å². The van der Waals surface area contributed by atoms with Crippen molar-refractivity contribution in [2.45, 2.75) is 38.2 Å². The summed E-state index contributed by atoms with van der Waals surface area (Å²) in [6, 6.07) is 5.48. The Balaban J connectivity index is 2.25. The largest absolute Gasteiger partial charge is 0.491 e. The van der Waals surface area contributed by atoms with Crippen LogP contribution < -0.4 is 9.64 Å². The van der Waals surface area contributed by atoms with Gasteiger partial charge in [0.2, 0.25) is 6.41 Å². The molecule has 1 N–H and O–H groups in total. The highest BCUT2D eigenvalue weighted by Gasteiger charge is 2.32. The Labute approximate surface area is 125 Å². The molecule has 0 radical (unpaired) electrons. The first-order valence-electron chi connectivity index (χ1n) is 7.28. The lowest BCUT2D eigenvalue weighted by atomic mass is 9.81. The Morgan fingerprint density at radius 1 is 1.48 bits per heavy atom. The van der Waals surface area contributed by atoms with Crippen LogP contribution in [0.2, 0.25) is 0 Å². The molecule has 1 amide bonds. The molecular formula is C17H21NO3. The second-order valence-electron chi connectivity index (χ2n) is 5.38. The molecule has 4 heteroatoms. The number of amides is 1. The van der Waals surface area contributed by atoms with E-state index in [9.17, 15) is 9.90 Å². The van der Waals surface area contributed by atoms with Gasteiger partial charge in [0.05, 0.1) is 12.3 Å². The minimum absolute atomic E-state index is 0.602. The summed E-state index contributed by atoms with van der Waals surface area (Å²) in [5.41, 5.74) is 0.627. The van der Waals surface area contributed by atoms with E-state index in [1.807, 2.05) is 25.1 Å². The number of hydrogen-bond acceptors (Lipinski definition) is 3. The van der Waals surface area contributed by atoms with E-state index in [0.29, 0.717) is 18.0 Å². The molecule has 4 nitrogen and oxygen atoms in total. The van der Waals surface area contributed by atoms with E-state index < -0.39 is 5.60 Å². The molecule has 0 heterocycles. The van der Waals surface area contributed by atoms with Crippen LogP contribution in [0.1, 0.15) is 38.2 Å². The SMILES string of the molecule is CCCOc1ccc(C#CC2(O)CCC2)cc1N(C)C=O. The molecule has 0 saturated heterocycles. The molecule has 0 spiro atoms. The molecule has 1 aliphatic rings. The van der Waals surface area contributed by atoms with Crippen molar-refractivity contribution in [3.05, 3.63) is 23.8 Å². The number of carbonyl (C=O) groups is 1. The van der Waals surface area contributed by atoms with Crippen molar-refractivity contribution in [3.63, 3.8) is 0 Å². The zero-order chi connectivity index (χ0) is 15.3. The fraction of sp³-hybridized carbons (Fsp3) is 0.471. The van der Waals surface area contributed by atoms with Gasteiger partial charge in [-0.3, -0.25) is 4.79 Å². The predicted octanol–water partition coefficient (Wildman–Crippen LogP) is 2.33. The minimum atomic E-state index is -0.825. The maximum Gasteiger partial charge on any atom is 0.213 e. The topological polar surface area (TPSA) is 49.8 Å². The zero-order valence-corrected chi connectivity index (χ0v) is 12.6. The van der Waals surface area contributed by atoms with Crippen LogP contribution in [0, 0.1) is 11.8 Å². The summed E-state index contributed by atoms with van der Waals surface area (Å²) in [4.78, 5) is 12.5. The lowest BCUT2D eigenvalue weighted by Gasteiger charge is -2.30. The summed E-state index contributed by atoms with van der Waals surface area (Å²) in [6.45, 7) is 2.63. The van der Waals surface area contributed by atoms with Gasteiger partial charge < -0.3 is 14.7 Å². The maximum absolute atomic E-state index is 11.0. The fourth-order valence-electron chi connectivity index (χ4n) is 2.09. The molecule has 112 valence electrons. The molecule has 1 fully saturated rings. The lowest BCUT2D eigenvalue weighted by Crippen LogP contribution is -2.34. The number of hydrogen-bond donors (Lipinski definition) is 1. The number of carbonyl (C=O) groups excluding carboxylic acids is 1. The van der Waals surface area contributed by atoms with Crippen molar-refractivity contribution in [2.75, 3.05) is 18.6 Å². The number of benzene rings is 1. The third kappa shape index (κ3) is 3.77. The smallest absolute Gasteiger partial charge is 0.213 e. The number of anilines is 1. The van der Waals surface area contributed by atoms with E-state index in [0.717, 1.165) is 37.7 Å². The van der Waals surface area contributed by atoms with Crippen LogP contribution in [0.25, 0.3) is 0 Å². The molecule has 0 aromatic heterocycles. The first kappa shape index (κ1) is 15.4. The van der Waals surface area contributed by atoms with Crippen LogP contribution in [-0.2, 0) is 4.79 Å². The van der Waals surface area contributed by atoms with E-state index in [1.54, 1.807) is 7.05 Å². The van der Waals surface area contributed by atoms with Crippen LogP contribution in [0.3, 0.4) is 0 Å². The Bertz CT molecular complexity index is 567. The molecular weight excluding hydrogens is 266 g/mol. The zero-order valence-electron chi connectivity index (χ0n) is 12.6. The molecule has 0 bridgehead atoms. The maximum atomic E-state index is 11.0. The summed E-state index contributed by atoms with van der Waals surface area (Å²) in [7, 11) is 1.68. The fourth-order valence-corrected chi connectivity index (χ4v) is 2.09. The van der Waals surface area contributed by atoms with Crippen molar-refractivity contribution in [1.29, 1.82) is 0 Å². The Hall–Kier alpha value is -1.99. The number of rotatable bonds is 5. The number of aliphatic hydroxyl groups is 1. The third-order valence-corrected chi connectivity index (χ3v) is 3.58. The monoisotopic (exact) mass is 287 g/mol. The second-order valence-corrected chi connectivity index (χ2v) is 5.38. The molecule has 2 rings (SSSR count). The van der Waals surface area contributed by atoms with Gasteiger partial charge in [0.1, 0.15) is 11.4 Å². The minimum Gasteiger partial charge on any atom is -0.491 e. The van der Waals surface area contributed by atoms with E-state index in [2.05, 4.69) is 11.8 Å². The molecule has 0 unspecified atom stereocenters. The molecule has 0 atom stereocenters. The predicted molar refractivity (Wildman–Crippen MR) is 82.4 cm³/mol. The summed E-state index contributed by atoms with van der Waals surface area (Å²) in [5.74, 6) is 6.57. The van der Waals surface area contributed by atoms with Crippen molar-refractivity contribution in [3.8, 4) is 17.6 Å². The highest BCUT2D eigenvalue weighted by molar-refractivity contribution is 5.79. The standard InChI is InChI=1S/C17H21NO3/c1-3-11-21-16-6-5-14(12-15(16)18(2)13-19)7-10-17(20)8-4-9-17/h5-6,12-13,20H,3-4,8-9,11H2,1-2H3. The van der Waals surface area contributed by atoms with Crippen LogP contribution in [-0.4, -0.2) is 30.8 Å². The molecule has 1 aromatic rings. The van der Waals surface area contributed by atoms with Crippen LogP contribution in [0.4, 0.5) is 5.69 Å². The normalized spacial score (nSPS) is 15.4. The van der Waals surface area contributed by atoms with Gasteiger partial charge in [-0.1, -0.05) is 18.8 Å². The molecule has 1 saturated carbocycles. The highest BCUT2D eigenvalue weighted by atomic mass is 16.5. The molecule has 0 aliphatic heterocycles. The highest BCUT2D eigenvalue weighted by Crippen LogP contribution is 2.31. The first-order chi connectivity index (χ1) is 10.1. The summed E-state index contributed by atoms with van der Waals surface area (Å²) >= 11 is 0. The second kappa shape index (κ2) is 6.64. The Kier molecular flexibility index (Phi) is 4.87. The van der Waals surface area contributed by atoms with E-state index >= 15 is 0 Å². The van der Waals surface area contributed by atoms with Gasteiger partial charge in [0, 0.05) is 12.6 Å². The van der Waals surface area contributed by atoms with E-state index in [1.165, 1.54) is 4.90 Å².